The number of fused-ring (bicyclic) bond motifs is 1. The van der Waals surface area contributed by atoms with Gasteiger partial charge in [0.15, 0.2) is 0 Å². The van der Waals surface area contributed by atoms with E-state index < -0.39 is 11.7 Å². The lowest BCUT2D eigenvalue weighted by Gasteiger charge is -2.30. The molecule has 2 heterocycles. The molecule has 0 bridgehead atoms. The lowest BCUT2D eigenvalue weighted by molar-refractivity contribution is -0.135. The summed E-state index contributed by atoms with van der Waals surface area (Å²) in [5.74, 6) is -0.970. The number of amides is 2. The van der Waals surface area contributed by atoms with E-state index in [1.165, 1.54) is 12.1 Å². The summed E-state index contributed by atoms with van der Waals surface area (Å²) in [6, 6.07) is 4.30. The van der Waals surface area contributed by atoms with Crippen LogP contribution in [0.25, 0.3) is 0 Å². The zero-order valence-corrected chi connectivity index (χ0v) is 12.5. The smallest absolute Gasteiger partial charge is 0.230 e. The summed E-state index contributed by atoms with van der Waals surface area (Å²) in [5, 5.41) is 2.64. The molecule has 3 rings (SSSR count). The number of anilines is 1. The van der Waals surface area contributed by atoms with Crippen LogP contribution in [0, 0.1) is 11.7 Å². The Bertz CT molecular complexity index is 619. The van der Waals surface area contributed by atoms with Gasteiger partial charge in [-0.2, -0.15) is 0 Å². The molecule has 0 aliphatic carbocycles. The van der Waals surface area contributed by atoms with Gasteiger partial charge >= 0.3 is 0 Å². The third-order valence-electron chi connectivity index (χ3n) is 4.63. The number of nitrogens with one attached hydrogen (secondary N) is 1. The molecule has 0 spiro atoms. The van der Waals surface area contributed by atoms with E-state index >= 15 is 0 Å². The van der Waals surface area contributed by atoms with Crippen molar-refractivity contribution in [2.75, 3.05) is 18.4 Å². The second-order valence-electron chi connectivity index (χ2n) is 6.21. The third-order valence-corrected chi connectivity index (χ3v) is 4.63. The minimum Gasteiger partial charge on any atom is -0.339 e. The summed E-state index contributed by atoms with van der Waals surface area (Å²) in [6.45, 7) is 3.19. The first kappa shape index (κ1) is 15.0. The topological polar surface area (TPSA) is 75.4 Å². The number of rotatable bonds is 2. The molecule has 3 N–H and O–H groups in total. The van der Waals surface area contributed by atoms with Crippen LogP contribution in [0.15, 0.2) is 18.2 Å². The molecule has 3 unspecified atom stereocenters. The van der Waals surface area contributed by atoms with Crippen LogP contribution in [-0.2, 0) is 9.59 Å². The SMILES string of the molecule is CC1CC(CN)CN1C(=O)C1CC(=O)Nc2cc(F)ccc21. The number of likely N-dealkylation sites (tertiary alicyclic amines) is 1. The number of benzene rings is 1. The molecule has 1 fully saturated rings. The van der Waals surface area contributed by atoms with Crippen LogP contribution in [0.1, 0.15) is 31.2 Å². The molecule has 1 saturated heterocycles. The Morgan fingerprint density at radius 2 is 2.27 bits per heavy atom. The van der Waals surface area contributed by atoms with Crippen molar-refractivity contribution in [1.29, 1.82) is 0 Å². The van der Waals surface area contributed by atoms with Crippen molar-refractivity contribution < 1.29 is 14.0 Å². The highest BCUT2D eigenvalue weighted by Gasteiger charge is 2.38. The number of carbonyl (C=O) groups excluding carboxylic acids is 2. The summed E-state index contributed by atoms with van der Waals surface area (Å²) in [5.41, 5.74) is 6.80. The van der Waals surface area contributed by atoms with Gasteiger partial charge in [0.25, 0.3) is 0 Å². The van der Waals surface area contributed by atoms with Crippen molar-refractivity contribution >= 4 is 17.5 Å². The molecule has 2 aliphatic heterocycles. The van der Waals surface area contributed by atoms with Gasteiger partial charge in [-0.3, -0.25) is 9.59 Å². The summed E-state index contributed by atoms with van der Waals surface area (Å²) in [4.78, 5) is 26.5. The van der Waals surface area contributed by atoms with Gasteiger partial charge in [-0.15, -0.1) is 0 Å². The zero-order valence-electron chi connectivity index (χ0n) is 12.5. The molecule has 118 valence electrons. The predicted molar refractivity (Wildman–Crippen MR) is 80.7 cm³/mol. The van der Waals surface area contributed by atoms with Gasteiger partial charge < -0.3 is 16.0 Å². The highest BCUT2D eigenvalue weighted by atomic mass is 19.1. The fourth-order valence-electron chi connectivity index (χ4n) is 3.48. The summed E-state index contributed by atoms with van der Waals surface area (Å²) >= 11 is 0. The molecule has 6 heteroatoms. The molecule has 0 radical (unpaired) electrons. The standard InChI is InChI=1S/C16H20FN3O2/c1-9-4-10(7-18)8-20(9)16(22)13-6-15(21)19-14-5-11(17)2-3-12(13)14/h2-3,5,9-10,13H,4,6-8,18H2,1H3,(H,19,21). The highest BCUT2D eigenvalue weighted by Crippen LogP contribution is 2.36. The molecule has 22 heavy (non-hydrogen) atoms. The molecule has 1 aromatic carbocycles. The van der Waals surface area contributed by atoms with E-state index in [2.05, 4.69) is 5.32 Å². The highest BCUT2D eigenvalue weighted by molar-refractivity contribution is 6.01. The molecular weight excluding hydrogens is 285 g/mol. The first-order chi connectivity index (χ1) is 10.5. The predicted octanol–water partition coefficient (Wildman–Crippen LogP) is 1.45. The maximum atomic E-state index is 13.3. The number of nitrogens with two attached hydrogens (primary N) is 1. The minimum absolute atomic E-state index is 0.0637. The van der Waals surface area contributed by atoms with Crippen LogP contribution in [0.3, 0.4) is 0 Å². The average molecular weight is 305 g/mol. The van der Waals surface area contributed by atoms with Gasteiger partial charge in [0, 0.05) is 24.7 Å². The second-order valence-corrected chi connectivity index (χ2v) is 6.21. The van der Waals surface area contributed by atoms with Crippen molar-refractivity contribution in [2.45, 2.75) is 31.7 Å². The molecule has 2 amide bonds. The lowest BCUT2D eigenvalue weighted by atomic mass is 9.89. The fourth-order valence-corrected chi connectivity index (χ4v) is 3.48. The lowest BCUT2D eigenvalue weighted by Crippen LogP contribution is -2.40. The monoisotopic (exact) mass is 305 g/mol. The third kappa shape index (κ3) is 2.59. The van der Waals surface area contributed by atoms with Crippen LogP contribution in [-0.4, -0.2) is 35.8 Å². The van der Waals surface area contributed by atoms with Gasteiger partial charge in [0.1, 0.15) is 5.82 Å². The van der Waals surface area contributed by atoms with Gasteiger partial charge in [0.2, 0.25) is 11.8 Å². The average Bonchev–Trinajstić information content (AvgIpc) is 2.86. The van der Waals surface area contributed by atoms with Crippen molar-refractivity contribution in [1.82, 2.24) is 4.90 Å². The Morgan fingerprint density at radius 1 is 1.50 bits per heavy atom. The first-order valence-corrected chi connectivity index (χ1v) is 7.59. The Morgan fingerprint density at radius 3 is 2.95 bits per heavy atom. The maximum absolute atomic E-state index is 13.3. The van der Waals surface area contributed by atoms with Crippen LogP contribution < -0.4 is 11.1 Å². The Balaban J connectivity index is 1.89. The molecule has 0 aromatic heterocycles. The van der Waals surface area contributed by atoms with E-state index in [4.69, 9.17) is 5.73 Å². The second kappa shape index (κ2) is 5.68. The van der Waals surface area contributed by atoms with E-state index in [-0.39, 0.29) is 24.3 Å². The van der Waals surface area contributed by atoms with Crippen LogP contribution in [0.5, 0.6) is 0 Å². The Labute approximate surface area is 128 Å². The van der Waals surface area contributed by atoms with Gasteiger partial charge in [-0.1, -0.05) is 6.07 Å². The first-order valence-electron chi connectivity index (χ1n) is 7.59. The molecule has 2 aliphatic rings. The van der Waals surface area contributed by atoms with Crippen LogP contribution in [0.4, 0.5) is 10.1 Å². The van der Waals surface area contributed by atoms with E-state index in [1.807, 2.05) is 11.8 Å². The largest absolute Gasteiger partial charge is 0.339 e. The number of carbonyl (C=O) groups is 2. The van der Waals surface area contributed by atoms with Gasteiger partial charge in [0.05, 0.1) is 5.92 Å². The minimum atomic E-state index is -0.539. The number of halogens is 1. The maximum Gasteiger partial charge on any atom is 0.230 e. The molecular formula is C16H20FN3O2. The zero-order chi connectivity index (χ0) is 15.9. The summed E-state index contributed by atoms with van der Waals surface area (Å²) < 4.78 is 13.3. The Kier molecular flexibility index (Phi) is 3.87. The van der Waals surface area contributed by atoms with Crippen molar-refractivity contribution in [3.63, 3.8) is 0 Å². The van der Waals surface area contributed by atoms with E-state index in [1.54, 1.807) is 6.07 Å². The molecule has 1 aromatic rings. The van der Waals surface area contributed by atoms with Gasteiger partial charge in [-0.05, 0) is 43.5 Å². The normalized spacial score (nSPS) is 27.5. The van der Waals surface area contributed by atoms with E-state index in [9.17, 15) is 14.0 Å². The molecule has 3 atom stereocenters. The van der Waals surface area contributed by atoms with Gasteiger partial charge in [-0.25, -0.2) is 4.39 Å². The summed E-state index contributed by atoms with van der Waals surface area (Å²) in [7, 11) is 0. The fraction of sp³-hybridized carbons (Fsp3) is 0.500. The van der Waals surface area contributed by atoms with Crippen molar-refractivity contribution in [3.05, 3.63) is 29.6 Å². The van der Waals surface area contributed by atoms with Crippen LogP contribution >= 0.6 is 0 Å². The van der Waals surface area contributed by atoms with E-state index in [0.29, 0.717) is 30.3 Å². The van der Waals surface area contributed by atoms with Crippen molar-refractivity contribution in [2.24, 2.45) is 11.7 Å². The summed E-state index contributed by atoms with van der Waals surface area (Å²) in [6.07, 6.45) is 0.991. The number of hydrogen-bond acceptors (Lipinski definition) is 3. The Hall–Kier alpha value is -1.95. The van der Waals surface area contributed by atoms with Crippen molar-refractivity contribution in [3.8, 4) is 0 Å². The molecule has 0 saturated carbocycles. The number of hydrogen-bond donors (Lipinski definition) is 2. The number of nitrogens with zero attached hydrogens (tertiary/aromatic N) is 1. The van der Waals surface area contributed by atoms with Crippen LogP contribution in [0.2, 0.25) is 0 Å². The van der Waals surface area contributed by atoms with E-state index in [0.717, 1.165) is 6.42 Å². The molecule has 5 nitrogen and oxygen atoms in total. The quantitative estimate of drug-likeness (QED) is 0.868.